The molecule has 0 bridgehead atoms. The maximum atomic E-state index is 4.40. The normalized spacial score (nSPS) is 29.8. The summed E-state index contributed by atoms with van der Waals surface area (Å²) in [5.41, 5.74) is 0. The van der Waals surface area contributed by atoms with Crippen LogP contribution in [0.5, 0.6) is 0 Å². The largest absolute Gasteiger partial charge is 0.313 e. The van der Waals surface area contributed by atoms with Crippen LogP contribution < -0.4 is 5.32 Å². The fraction of sp³-hybridized carbons (Fsp3) is 0.857. The molecule has 0 radical (unpaired) electrons. The van der Waals surface area contributed by atoms with Gasteiger partial charge in [0.2, 0.25) is 0 Å². The fourth-order valence-electron chi connectivity index (χ4n) is 3.53. The van der Waals surface area contributed by atoms with Crippen molar-refractivity contribution < 1.29 is 0 Å². The van der Waals surface area contributed by atoms with Gasteiger partial charge in [0.05, 0.1) is 6.04 Å². The molecule has 0 spiro atoms. The van der Waals surface area contributed by atoms with E-state index in [1.54, 1.807) is 0 Å². The van der Waals surface area contributed by atoms with Gasteiger partial charge in [-0.15, -0.1) is 10.2 Å². The van der Waals surface area contributed by atoms with Crippen LogP contribution in [-0.4, -0.2) is 21.3 Å². The van der Waals surface area contributed by atoms with Crippen LogP contribution in [0.3, 0.4) is 0 Å². The van der Waals surface area contributed by atoms with E-state index in [0.717, 1.165) is 12.5 Å². The Morgan fingerprint density at radius 2 is 2.17 bits per heavy atom. The molecule has 2 fully saturated rings. The molecule has 0 aromatic carbocycles. The van der Waals surface area contributed by atoms with Gasteiger partial charge >= 0.3 is 0 Å². The molecule has 1 saturated heterocycles. The molecule has 2 unspecified atom stereocenters. The van der Waals surface area contributed by atoms with Crippen molar-refractivity contribution in [3.8, 4) is 0 Å². The second-order valence-electron chi connectivity index (χ2n) is 5.84. The van der Waals surface area contributed by atoms with Crippen LogP contribution in [0, 0.1) is 5.92 Å². The van der Waals surface area contributed by atoms with E-state index in [9.17, 15) is 0 Å². The van der Waals surface area contributed by atoms with Gasteiger partial charge in [0, 0.05) is 6.04 Å². The molecule has 1 aliphatic carbocycles. The van der Waals surface area contributed by atoms with Gasteiger partial charge in [-0.05, 0) is 38.1 Å². The van der Waals surface area contributed by atoms with E-state index in [4.69, 9.17) is 0 Å². The number of piperidine rings is 1. The van der Waals surface area contributed by atoms with Crippen molar-refractivity contribution in [2.24, 2.45) is 5.92 Å². The zero-order valence-electron chi connectivity index (χ0n) is 11.3. The van der Waals surface area contributed by atoms with Crippen molar-refractivity contribution in [3.05, 3.63) is 12.2 Å². The van der Waals surface area contributed by atoms with E-state index >= 15 is 0 Å². The van der Waals surface area contributed by atoms with Gasteiger partial charge in [-0.3, -0.25) is 0 Å². The Balaban J connectivity index is 1.77. The third-order valence-corrected chi connectivity index (χ3v) is 4.72. The summed E-state index contributed by atoms with van der Waals surface area (Å²) in [5, 5.41) is 12.2. The van der Waals surface area contributed by atoms with Gasteiger partial charge in [0.25, 0.3) is 0 Å². The van der Waals surface area contributed by atoms with Crippen LogP contribution in [0.15, 0.2) is 6.33 Å². The Morgan fingerprint density at radius 3 is 2.94 bits per heavy atom. The molecule has 1 aliphatic heterocycles. The summed E-state index contributed by atoms with van der Waals surface area (Å²) >= 11 is 0. The number of nitrogens with zero attached hydrogens (tertiary/aromatic N) is 3. The molecule has 1 aromatic rings. The quantitative estimate of drug-likeness (QED) is 0.894. The first kappa shape index (κ1) is 12.2. The molecule has 0 amide bonds. The highest BCUT2D eigenvalue weighted by molar-refractivity contribution is 5.00. The lowest BCUT2D eigenvalue weighted by molar-refractivity contribution is 0.281. The summed E-state index contributed by atoms with van der Waals surface area (Å²) in [6, 6.07) is 1.07. The third kappa shape index (κ3) is 2.30. The van der Waals surface area contributed by atoms with Gasteiger partial charge in [0.1, 0.15) is 12.2 Å². The molecule has 2 heterocycles. The highest BCUT2D eigenvalue weighted by Gasteiger charge is 2.28. The van der Waals surface area contributed by atoms with Crippen molar-refractivity contribution in [1.82, 2.24) is 20.1 Å². The van der Waals surface area contributed by atoms with Crippen LogP contribution in [0.2, 0.25) is 0 Å². The summed E-state index contributed by atoms with van der Waals surface area (Å²) in [6.45, 7) is 3.43. The van der Waals surface area contributed by atoms with Gasteiger partial charge in [-0.1, -0.05) is 26.2 Å². The number of rotatable bonds is 3. The van der Waals surface area contributed by atoms with Crippen molar-refractivity contribution in [1.29, 1.82) is 0 Å². The first-order chi connectivity index (χ1) is 8.88. The lowest BCUT2D eigenvalue weighted by Crippen LogP contribution is -2.33. The smallest absolute Gasteiger partial charge is 0.150 e. The average molecular weight is 248 g/mol. The fourth-order valence-corrected chi connectivity index (χ4v) is 3.53. The molecule has 2 aliphatic rings. The maximum Gasteiger partial charge on any atom is 0.150 e. The molecule has 1 N–H and O–H groups in total. The summed E-state index contributed by atoms with van der Waals surface area (Å²) in [6.07, 6.45) is 11.1. The van der Waals surface area contributed by atoms with Crippen molar-refractivity contribution in [2.75, 3.05) is 6.54 Å². The maximum absolute atomic E-state index is 4.40. The first-order valence-electron chi connectivity index (χ1n) is 7.51. The van der Waals surface area contributed by atoms with E-state index in [0.29, 0.717) is 12.1 Å². The Kier molecular flexibility index (Phi) is 3.64. The molecule has 18 heavy (non-hydrogen) atoms. The summed E-state index contributed by atoms with van der Waals surface area (Å²) in [7, 11) is 0. The number of aromatic nitrogens is 3. The van der Waals surface area contributed by atoms with Crippen LogP contribution in [-0.2, 0) is 0 Å². The summed E-state index contributed by atoms with van der Waals surface area (Å²) < 4.78 is 2.35. The molecule has 4 nitrogen and oxygen atoms in total. The molecular weight excluding hydrogens is 224 g/mol. The van der Waals surface area contributed by atoms with Crippen molar-refractivity contribution in [2.45, 2.75) is 64.0 Å². The van der Waals surface area contributed by atoms with Crippen LogP contribution in [0.25, 0.3) is 0 Å². The van der Waals surface area contributed by atoms with E-state index in [2.05, 4.69) is 27.0 Å². The van der Waals surface area contributed by atoms with Crippen molar-refractivity contribution >= 4 is 0 Å². The lowest BCUT2D eigenvalue weighted by atomic mass is 9.90. The number of hydrogen-bond donors (Lipinski definition) is 1. The Bertz CT molecular complexity index is 381. The molecular formula is C14H24N4. The highest BCUT2D eigenvalue weighted by Crippen LogP contribution is 2.34. The van der Waals surface area contributed by atoms with E-state index in [1.807, 2.05) is 6.33 Å². The summed E-state index contributed by atoms with van der Waals surface area (Å²) in [5.74, 6) is 2.03. The van der Waals surface area contributed by atoms with Crippen LogP contribution in [0.4, 0.5) is 0 Å². The van der Waals surface area contributed by atoms with Crippen molar-refractivity contribution in [3.63, 3.8) is 0 Å². The molecule has 1 saturated carbocycles. The minimum atomic E-state index is 0.423. The molecule has 2 atom stereocenters. The van der Waals surface area contributed by atoms with Gasteiger partial charge < -0.3 is 9.88 Å². The van der Waals surface area contributed by atoms with E-state index in [1.165, 1.54) is 50.8 Å². The number of hydrogen-bond acceptors (Lipinski definition) is 3. The van der Waals surface area contributed by atoms with Crippen LogP contribution in [0.1, 0.15) is 69.8 Å². The standard InChI is InChI=1S/C14H24N4/c1-2-11-7-8-15-13(9-11)14-17-16-10-18(14)12-5-3-4-6-12/h10-13,15H,2-9H2,1H3. The first-order valence-corrected chi connectivity index (χ1v) is 7.51. The Labute approximate surface area is 109 Å². The third-order valence-electron chi connectivity index (χ3n) is 4.72. The lowest BCUT2D eigenvalue weighted by Gasteiger charge is -2.30. The second-order valence-corrected chi connectivity index (χ2v) is 5.84. The predicted octanol–water partition coefficient (Wildman–Crippen LogP) is 2.84. The van der Waals surface area contributed by atoms with Gasteiger partial charge in [-0.2, -0.15) is 0 Å². The SMILES string of the molecule is CCC1CCNC(c2nncn2C2CCCC2)C1. The zero-order valence-corrected chi connectivity index (χ0v) is 11.3. The minimum Gasteiger partial charge on any atom is -0.313 e. The van der Waals surface area contributed by atoms with E-state index in [-0.39, 0.29) is 0 Å². The highest BCUT2D eigenvalue weighted by atomic mass is 15.3. The summed E-state index contributed by atoms with van der Waals surface area (Å²) in [4.78, 5) is 0. The van der Waals surface area contributed by atoms with Crippen LogP contribution >= 0.6 is 0 Å². The Hall–Kier alpha value is -0.900. The molecule has 3 rings (SSSR count). The average Bonchev–Trinajstić information content (AvgIpc) is 3.09. The van der Waals surface area contributed by atoms with Gasteiger partial charge in [0.15, 0.2) is 0 Å². The zero-order chi connectivity index (χ0) is 12.4. The predicted molar refractivity (Wildman–Crippen MR) is 71.3 cm³/mol. The molecule has 1 aromatic heterocycles. The van der Waals surface area contributed by atoms with E-state index < -0.39 is 0 Å². The van der Waals surface area contributed by atoms with Gasteiger partial charge in [-0.25, -0.2) is 0 Å². The molecule has 100 valence electrons. The molecule has 4 heteroatoms. The second kappa shape index (κ2) is 5.39. The number of nitrogens with one attached hydrogen (secondary N) is 1. The topological polar surface area (TPSA) is 42.7 Å². The monoisotopic (exact) mass is 248 g/mol. The Morgan fingerprint density at radius 1 is 1.33 bits per heavy atom. The minimum absolute atomic E-state index is 0.423.